The molecule has 0 bridgehead atoms. The van der Waals surface area contributed by atoms with Crippen LogP contribution in [0.5, 0.6) is 0 Å². The van der Waals surface area contributed by atoms with Crippen LogP contribution in [-0.4, -0.2) is 43.3 Å². The second kappa shape index (κ2) is 5.43. The van der Waals surface area contributed by atoms with Crippen LogP contribution in [0, 0.1) is 15.9 Å². The molecule has 1 aliphatic rings. The van der Waals surface area contributed by atoms with E-state index in [-0.39, 0.29) is 6.54 Å². The van der Waals surface area contributed by atoms with Crippen molar-refractivity contribution in [1.82, 2.24) is 9.62 Å². The van der Waals surface area contributed by atoms with Crippen molar-refractivity contribution < 1.29 is 17.7 Å². The van der Waals surface area contributed by atoms with Gasteiger partial charge in [0.15, 0.2) is 4.90 Å². The molecule has 1 aromatic carbocycles. The van der Waals surface area contributed by atoms with Crippen molar-refractivity contribution in [3.63, 3.8) is 0 Å². The molecular weight excluding hydrogens is 289 g/mol. The summed E-state index contributed by atoms with van der Waals surface area (Å²) in [6.45, 7) is 2.65. The average molecular weight is 303 g/mol. The molecular formula is C11H14FN3O4S. The molecule has 2 rings (SSSR count). The number of rotatable bonds is 3. The van der Waals surface area contributed by atoms with Crippen molar-refractivity contribution in [2.24, 2.45) is 0 Å². The van der Waals surface area contributed by atoms with E-state index in [1.807, 2.05) is 0 Å². The first kappa shape index (κ1) is 14.8. The summed E-state index contributed by atoms with van der Waals surface area (Å²) in [6, 6.07) is 2.62. The van der Waals surface area contributed by atoms with Gasteiger partial charge in [-0.15, -0.1) is 0 Å². The molecule has 0 aromatic heterocycles. The Morgan fingerprint density at radius 3 is 2.80 bits per heavy atom. The summed E-state index contributed by atoms with van der Waals surface area (Å²) in [5.41, 5.74) is -0.740. The summed E-state index contributed by atoms with van der Waals surface area (Å²) in [5.74, 6) is -1.11. The fraction of sp³-hybridized carbons (Fsp3) is 0.455. The van der Waals surface area contributed by atoms with Crippen LogP contribution in [0.4, 0.5) is 10.1 Å². The molecule has 0 spiro atoms. The monoisotopic (exact) mass is 303 g/mol. The van der Waals surface area contributed by atoms with Crippen molar-refractivity contribution in [3.05, 3.63) is 34.1 Å². The Labute approximate surface area is 115 Å². The minimum absolute atomic E-state index is 0.148. The van der Waals surface area contributed by atoms with Gasteiger partial charge in [0, 0.05) is 31.7 Å². The molecule has 0 unspecified atom stereocenters. The highest BCUT2D eigenvalue weighted by Crippen LogP contribution is 2.30. The van der Waals surface area contributed by atoms with Gasteiger partial charge in [-0.25, -0.2) is 12.8 Å². The summed E-state index contributed by atoms with van der Waals surface area (Å²) in [5, 5.41) is 13.9. The molecule has 0 radical (unpaired) electrons. The van der Waals surface area contributed by atoms with Gasteiger partial charge in [0.2, 0.25) is 0 Å². The number of hydrogen-bond acceptors (Lipinski definition) is 5. The van der Waals surface area contributed by atoms with Crippen molar-refractivity contribution in [2.45, 2.75) is 17.9 Å². The minimum atomic E-state index is -4.24. The molecule has 1 saturated heterocycles. The minimum Gasteiger partial charge on any atom is -0.314 e. The van der Waals surface area contributed by atoms with Crippen LogP contribution < -0.4 is 5.32 Å². The lowest BCUT2D eigenvalue weighted by molar-refractivity contribution is -0.388. The van der Waals surface area contributed by atoms with Crippen LogP contribution >= 0.6 is 0 Å². The van der Waals surface area contributed by atoms with E-state index >= 15 is 0 Å². The number of nitrogens with one attached hydrogen (secondary N) is 1. The second-order valence-electron chi connectivity index (χ2n) is 4.51. The highest BCUT2D eigenvalue weighted by atomic mass is 32.2. The Kier molecular flexibility index (Phi) is 4.02. The number of sulfonamides is 1. The lowest BCUT2D eigenvalue weighted by Crippen LogP contribution is -2.52. The average Bonchev–Trinajstić information content (AvgIpc) is 2.38. The molecule has 0 amide bonds. The zero-order valence-corrected chi connectivity index (χ0v) is 11.6. The Morgan fingerprint density at radius 2 is 2.20 bits per heavy atom. The normalized spacial score (nSPS) is 20.8. The van der Waals surface area contributed by atoms with Gasteiger partial charge in [-0.3, -0.25) is 10.1 Å². The predicted molar refractivity (Wildman–Crippen MR) is 69.3 cm³/mol. The van der Waals surface area contributed by atoms with Crippen molar-refractivity contribution in [3.8, 4) is 0 Å². The standard InChI is InChI=1S/C11H14FN3O4S/c1-8-7-13-5-6-14(8)20(18,19)11-9(12)3-2-4-10(11)15(16)17/h2-4,8,13H,5-7H2,1H3/t8-/m0/s1. The Bertz CT molecular complexity index is 635. The number of hydrogen-bond donors (Lipinski definition) is 1. The molecule has 7 nitrogen and oxygen atoms in total. The van der Waals surface area contributed by atoms with Crippen LogP contribution in [0.15, 0.2) is 23.1 Å². The highest BCUT2D eigenvalue weighted by molar-refractivity contribution is 7.89. The summed E-state index contributed by atoms with van der Waals surface area (Å²) >= 11 is 0. The summed E-state index contributed by atoms with van der Waals surface area (Å²) in [7, 11) is -4.24. The molecule has 1 heterocycles. The maximum Gasteiger partial charge on any atom is 0.292 e. The zero-order valence-electron chi connectivity index (χ0n) is 10.7. The quantitative estimate of drug-likeness (QED) is 0.656. The maximum absolute atomic E-state index is 13.9. The highest BCUT2D eigenvalue weighted by Gasteiger charge is 2.38. The van der Waals surface area contributed by atoms with E-state index in [4.69, 9.17) is 0 Å². The first-order valence-electron chi connectivity index (χ1n) is 6.01. The van der Waals surface area contributed by atoms with Gasteiger partial charge in [0.05, 0.1) is 4.92 Å². The molecule has 0 aliphatic carbocycles. The SMILES string of the molecule is C[C@H]1CNCCN1S(=O)(=O)c1c(F)cccc1[N+](=O)[O-]. The lowest BCUT2D eigenvalue weighted by Gasteiger charge is -2.32. The molecule has 1 N–H and O–H groups in total. The van der Waals surface area contributed by atoms with Gasteiger partial charge in [-0.05, 0) is 13.0 Å². The van der Waals surface area contributed by atoms with Crippen molar-refractivity contribution >= 4 is 15.7 Å². The van der Waals surface area contributed by atoms with E-state index in [1.54, 1.807) is 6.92 Å². The largest absolute Gasteiger partial charge is 0.314 e. The van der Waals surface area contributed by atoms with E-state index < -0.39 is 37.4 Å². The Morgan fingerprint density at radius 1 is 1.50 bits per heavy atom. The van der Waals surface area contributed by atoms with Crippen LogP contribution in [0.3, 0.4) is 0 Å². The first-order valence-corrected chi connectivity index (χ1v) is 7.45. The van der Waals surface area contributed by atoms with Crippen molar-refractivity contribution in [1.29, 1.82) is 0 Å². The molecule has 1 fully saturated rings. The lowest BCUT2D eigenvalue weighted by atomic mass is 10.3. The number of piperazine rings is 1. The smallest absolute Gasteiger partial charge is 0.292 e. The predicted octanol–water partition coefficient (Wildman–Crippen LogP) is 0.716. The topological polar surface area (TPSA) is 92.6 Å². The molecule has 20 heavy (non-hydrogen) atoms. The van der Waals surface area contributed by atoms with Crippen LogP contribution in [-0.2, 0) is 10.0 Å². The van der Waals surface area contributed by atoms with Gasteiger partial charge in [-0.2, -0.15) is 4.31 Å². The summed E-state index contributed by atoms with van der Waals surface area (Å²) < 4.78 is 39.9. The third-order valence-electron chi connectivity index (χ3n) is 3.15. The fourth-order valence-electron chi connectivity index (χ4n) is 2.19. The summed E-state index contributed by atoms with van der Waals surface area (Å²) in [4.78, 5) is 9.18. The van der Waals surface area contributed by atoms with E-state index in [1.165, 1.54) is 0 Å². The van der Waals surface area contributed by atoms with Crippen LogP contribution in [0.1, 0.15) is 6.92 Å². The number of nitro groups is 1. The van der Waals surface area contributed by atoms with Gasteiger partial charge in [0.25, 0.3) is 15.7 Å². The Balaban J connectivity index is 2.57. The molecule has 9 heteroatoms. The number of halogens is 1. The van der Waals surface area contributed by atoms with E-state index in [0.29, 0.717) is 13.1 Å². The molecule has 1 aliphatic heterocycles. The van der Waals surface area contributed by atoms with E-state index in [2.05, 4.69) is 5.32 Å². The summed E-state index contributed by atoms with van der Waals surface area (Å²) in [6.07, 6.45) is 0. The van der Waals surface area contributed by atoms with Crippen LogP contribution in [0.25, 0.3) is 0 Å². The molecule has 110 valence electrons. The molecule has 1 atom stereocenters. The Hall–Kier alpha value is -1.58. The third kappa shape index (κ3) is 2.51. The van der Waals surface area contributed by atoms with Gasteiger partial charge in [0.1, 0.15) is 5.82 Å². The van der Waals surface area contributed by atoms with Gasteiger partial charge < -0.3 is 5.32 Å². The third-order valence-corrected chi connectivity index (χ3v) is 5.23. The van der Waals surface area contributed by atoms with Gasteiger partial charge in [-0.1, -0.05) is 6.07 Å². The maximum atomic E-state index is 13.9. The van der Waals surface area contributed by atoms with E-state index in [9.17, 15) is 22.9 Å². The second-order valence-corrected chi connectivity index (χ2v) is 6.34. The van der Waals surface area contributed by atoms with E-state index in [0.717, 1.165) is 22.5 Å². The number of benzene rings is 1. The van der Waals surface area contributed by atoms with Gasteiger partial charge >= 0.3 is 0 Å². The number of nitro benzene ring substituents is 1. The first-order chi connectivity index (χ1) is 9.35. The fourth-order valence-corrected chi connectivity index (χ4v) is 4.03. The van der Waals surface area contributed by atoms with Crippen molar-refractivity contribution in [2.75, 3.05) is 19.6 Å². The zero-order chi connectivity index (χ0) is 14.9. The number of nitrogens with zero attached hydrogens (tertiary/aromatic N) is 2. The van der Waals surface area contributed by atoms with Crippen LogP contribution in [0.2, 0.25) is 0 Å². The molecule has 0 saturated carbocycles. The molecule has 1 aromatic rings.